The van der Waals surface area contributed by atoms with E-state index in [9.17, 15) is 9.90 Å². The number of aliphatic hydroxyl groups excluding tert-OH is 1. The molecule has 0 saturated heterocycles. The van der Waals surface area contributed by atoms with Gasteiger partial charge in [-0.05, 0) is 49.4 Å². The molecule has 1 aromatic carbocycles. The van der Waals surface area contributed by atoms with Crippen LogP contribution >= 0.6 is 0 Å². The molecular formula is C20H23N5O3. The normalized spacial score (nSPS) is 19.6. The van der Waals surface area contributed by atoms with Crippen LogP contribution in [0.1, 0.15) is 31.7 Å². The first-order valence-electron chi connectivity index (χ1n) is 9.27. The Kier molecular flexibility index (Phi) is 4.64. The smallest absolute Gasteiger partial charge is 0.263 e. The van der Waals surface area contributed by atoms with Gasteiger partial charge in [0.1, 0.15) is 0 Å². The Morgan fingerprint density at radius 1 is 1.14 bits per heavy atom. The Hall–Kier alpha value is -3.13. The molecule has 3 aromatic rings. The quantitative estimate of drug-likeness (QED) is 0.633. The second-order valence-electron chi connectivity index (χ2n) is 7.16. The fourth-order valence-corrected chi connectivity index (χ4v) is 3.86. The molecule has 1 saturated carbocycles. The van der Waals surface area contributed by atoms with E-state index < -0.39 is 0 Å². The van der Waals surface area contributed by atoms with Gasteiger partial charge in [-0.2, -0.15) is 0 Å². The fourth-order valence-electron chi connectivity index (χ4n) is 3.86. The Balaban J connectivity index is 1.80. The molecule has 0 bridgehead atoms. The summed E-state index contributed by atoms with van der Waals surface area (Å²) in [7, 11) is 1.51. The van der Waals surface area contributed by atoms with Crippen molar-refractivity contribution in [1.29, 1.82) is 0 Å². The molecule has 146 valence electrons. The molecule has 0 spiro atoms. The van der Waals surface area contributed by atoms with E-state index in [2.05, 4.69) is 9.97 Å². The van der Waals surface area contributed by atoms with Gasteiger partial charge in [-0.3, -0.25) is 9.36 Å². The van der Waals surface area contributed by atoms with Crippen LogP contribution in [0.5, 0.6) is 5.88 Å². The zero-order chi connectivity index (χ0) is 19.8. The lowest BCUT2D eigenvalue weighted by molar-refractivity contribution is 0.110. The largest absolute Gasteiger partial charge is 0.480 e. The topological polar surface area (TPSA) is 129 Å². The van der Waals surface area contributed by atoms with E-state index in [0.717, 1.165) is 11.1 Å². The number of ether oxygens (including phenoxy) is 1. The summed E-state index contributed by atoms with van der Waals surface area (Å²) in [5.74, 6) is 0.572. The number of nitrogens with zero attached hydrogens (tertiary/aromatic N) is 3. The van der Waals surface area contributed by atoms with Crippen molar-refractivity contribution >= 4 is 22.5 Å². The highest BCUT2D eigenvalue weighted by atomic mass is 16.5. The van der Waals surface area contributed by atoms with Gasteiger partial charge in [0.25, 0.3) is 5.56 Å². The maximum absolute atomic E-state index is 13.2. The zero-order valence-electron chi connectivity index (χ0n) is 15.6. The molecule has 5 N–H and O–H groups in total. The lowest BCUT2D eigenvalue weighted by Crippen LogP contribution is -2.31. The Morgan fingerprint density at radius 3 is 2.57 bits per heavy atom. The van der Waals surface area contributed by atoms with E-state index in [4.69, 9.17) is 16.2 Å². The van der Waals surface area contributed by atoms with Crippen LogP contribution in [-0.2, 0) is 0 Å². The highest BCUT2D eigenvalue weighted by Gasteiger charge is 2.24. The van der Waals surface area contributed by atoms with Crippen molar-refractivity contribution in [1.82, 2.24) is 14.5 Å². The van der Waals surface area contributed by atoms with Crippen LogP contribution < -0.4 is 21.8 Å². The summed E-state index contributed by atoms with van der Waals surface area (Å²) in [6.07, 6.45) is 4.08. The van der Waals surface area contributed by atoms with Crippen molar-refractivity contribution < 1.29 is 9.84 Å². The number of nitrogens with two attached hydrogens (primary N) is 2. The number of benzene rings is 1. The van der Waals surface area contributed by atoms with Crippen LogP contribution in [0.3, 0.4) is 0 Å². The standard InChI is InChI=1S/C20H23N5O3/c1-28-18-16(21)9-12(10-23-18)11-2-7-17-15(8-11)19(27)25(20(22)24-17)13-3-5-14(26)6-4-13/h2,7-10,13-14,26H,3-6,21H2,1H3,(H2,22,24). The van der Waals surface area contributed by atoms with Gasteiger partial charge in [0.2, 0.25) is 11.8 Å². The summed E-state index contributed by atoms with van der Waals surface area (Å²) in [5.41, 5.74) is 14.5. The molecule has 2 heterocycles. The molecule has 2 aromatic heterocycles. The van der Waals surface area contributed by atoms with Crippen molar-refractivity contribution in [2.24, 2.45) is 0 Å². The average molecular weight is 381 g/mol. The summed E-state index contributed by atoms with van der Waals surface area (Å²) in [6.45, 7) is 0. The predicted molar refractivity (Wildman–Crippen MR) is 108 cm³/mol. The third kappa shape index (κ3) is 3.16. The summed E-state index contributed by atoms with van der Waals surface area (Å²) in [6, 6.07) is 7.14. The number of nitrogen functional groups attached to an aromatic ring is 2. The SMILES string of the molecule is COc1ncc(-c2ccc3nc(N)n(C4CCC(O)CC4)c(=O)c3c2)cc1N. The van der Waals surface area contributed by atoms with Gasteiger partial charge in [-0.15, -0.1) is 0 Å². The number of fused-ring (bicyclic) bond motifs is 1. The van der Waals surface area contributed by atoms with E-state index in [1.807, 2.05) is 6.07 Å². The van der Waals surface area contributed by atoms with Crippen molar-refractivity contribution in [2.75, 3.05) is 18.6 Å². The minimum atomic E-state index is -0.304. The molecule has 0 radical (unpaired) electrons. The molecule has 1 fully saturated rings. The van der Waals surface area contributed by atoms with E-state index in [0.29, 0.717) is 48.2 Å². The summed E-state index contributed by atoms with van der Waals surface area (Å²) in [4.78, 5) is 21.8. The minimum Gasteiger partial charge on any atom is -0.480 e. The van der Waals surface area contributed by atoms with Gasteiger partial charge in [0, 0.05) is 17.8 Å². The first-order valence-corrected chi connectivity index (χ1v) is 9.27. The van der Waals surface area contributed by atoms with Crippen molar-refractivity contribution in [3.05, 3.63) is 40.8 Å². The summed E-state index contributed by atoms with van der Waals surface area (Å²) >= 11 is 0. The second kappa shape index (κ2) is 7.12. The lowest BCUT2D eigenvalue weighted by Gasteiger charge is -2.28. The summed E-state index contributed by atoms with van der Waals surface area (Å²) < 4.78 is 6.67. The highest BCUT2D eigenvalue weighted by molar-refractivity contribution is 5.85. The molecule has 0 amide bonds. The molecular weight excluding hydrogens is 358 g/mol. The second-order valence-corrected chi connectivity index (χ2v) is 7.16. The summed E-state index contributed by atoms with van der Waals surface area (Å²) in [5, 5.41) is 10.2. The number of aromatic nitrogens is 3. The van der Waals surface area contributed by atoms with Gasteiger partial charge in [0.15, 0.2) is 0 Å². The Morgan fingerprint density at radius 2 is 1.89 bits per heavy atom. The average Bonchev–Trinajstić information content (AvgIpc) is 2.69. The van der Waals surface area contributed by atoms with Gasteiger partial charge in [-0.1, -0.05) is 6.07 Å². The zero-order valence-corrected chi connectivity index (χ0v) is 15.6. The van der Waals surface area contributed by atoms with Crippen molar-refractivity contribution in [2.45, 2.75) is 37.8 Å². The number of pyridine rings is 1. The lowest BCUT2D eigenvalue weighted by atomic mass is 9.93. The molecule has 8 heteroatoms. The molecule has 0 aliphatic heterocycles. The van der Waals surface area contributed by atoms with E-state index in [1.165, 1.54) is 7.11 Å². The molecule has 1 aliphatic carbocycles. The van der Waals surface area contributed by atoms with E-state index in [-0.39, 0.29) is 23.7 Å². The van der Waals surface area contributed by atoms with Crippen molar-refractivity contribution in [3.63, 3.8) is 0 Å². The Bertz CT molecular complexity index is 1090. The highest BCUT2D eigenvalue weighted by Crippen LogP contribution is 2.31. The molecule has 28 heavy (non-hydrogen) atoms. The number of methoxy groups -OCH3 is 1. The van der Waals surface area contributed by atoms with Crippen LogP contribution in [0.2, 0.25) is 0 Å². The number of aliphatic hydroxyl groups is 1. The van der Waals surface area contributed by atoms with Crippen LogP contribution in [-0.4, -0.2) is 32.9 Å². The minimum absolute atomic E-state index is 0.0465. The number of hydrogen-bond acceptors (Lipinski definition) is 7. The third-order valence-electron chi connectivity index (χ3n) is 5.36. The van der Waals surface area contributed by atoms with Crippen LogP contribution in [0.15, 0.2) is 35.3 Å². The first kappa shape index (κ1) is 18.2. The first-order chi connectivity index (χ1) is 13.5. The number of hydrogen-bond donors (Lipinski definition) is 3. The van der Waals surface area contributed by atoms with Crippen LogP contribution in [0.4, 0.5) is 11.6 Å². The van der Waals surface area contributed by atoms with Crippen LogP contribution in [0, 0.1) is 0 Å². The van der Waals surface area contributed by atoms with Gasteiger partial charge in [0.05, 0.1) is 29.8 Å². The molecule has 4 rings (SSSR count). The number of anilines is 2. The van der Waals surface area contributed by atoms with Gasteiger partial charge < -0.3 is 21.3 Å². The molecule has 0 atom stereocenters. The third-order valence-corrected chi connectivity index (χ3v) is 5.36. The predicted octanol–water partition coefficient (Wildman–Crippen LogP) is 2.11. The van der Waals surface area contributed by atoms with Gasteiger partial charge >= 0.3 is 0 Å². The Labute approximate surface area is 161 Å². The fraction of sp³-hybridized carbons (Fsp3) is 0.350. The number of rotatable bonds is 3. The molecule has 8 nitrogen and oxygen atoms in total. The van der Waals surface area contributed by atoms with E-state index >= 15 is 0 Å². The molecule has 0 unspecified atom stereocenters. The van der Waals surface area contributed by atoms with Gasteiger partial charge in [-0.25, -0.2) is 9.97 Å². The molecule has 1 aliphatic rings. The maximum atomic E-state index is 13.2. The maximum Gasteiger partial charge on any atom is 0.263 e. The van der Waals surface area contributed by atoms with Crippen LogP contribution in [0.25, 0.3) is 22.0 Å². The monoisotopic (exact) mass is 381 g/mol. The van der Waals surface area contributed by atoms with E-state index in [1.54, 1.807) is 29.0 Å². The van der Waals surface area contributed by atoms with Crippen molar-refractivity contribution in [3.8, 4) is 17.0 Å².